The normalized spacial score (nSPS) is 22.6. The summed E-state index contributed by atoms with van der Waals surface area (Å²) in [7, 11) is 0. The number of hydrogen-bond donors (Lipinski definition) is 0. The summed E-state index contributed by atoms with van der Waals surface area (Å²) in [6.07, 6.45) is 8.44. The summed E-state index contributed by atoms with van der Waals surface area (Å²) < 4.78 is 0. The molecule has 3 fully saturated rings. The number of carbonyl (C=O) groups is 1. The third kappa shape index (κ3) is 3.94. The van der Waals surface area contributed by atoms with Crippen LogP contribution in [0.25, 0.3) is 0 Å². The fourth-order valence-electron chi connectivity index (χ4n) is 4.23. The molecule has 2 aliphatic heterocycles. The number of piperidine rings is 1. The van der Waals surface area contributed by atoms with E-state index in [9.17, 15) is 4.79 Å². The Labute approximate surface area is 150 Å². The largest absolute Gasteiger partial charge is 0.350 e. The second kappa shape index (κ2) is 7.28. The van der Waals surface area contributed by atoms with Crippen LogP contribution in [0.3, 0.4) is 0 Å². The minimum atomic E-state index is 0.342. The van der Waals surface area contributed by atoms with Gasteiger partial charge in [-0.2, -0.15) is 0 Å². The predicted molar refractivity (Wildman–Crippen MR) is 97.5 cm³/mol. The summed E-state index contributed by atoms with van der Waals surface area (Å²) in [6.45, 7) is 7.17. The molecule has 1 aliphatic carbocycles. The Morgan fingerprint density at radius 3 is 2.48 bits per heavy atom. The molecular formula is C19H29N5O. The van der Waals surface area contributed by atoms with Crippen LogP contribution >= 0.6 is 0 Å². The van der Waals surface area contributed by atoms with Gasteiger partial charge in [-0.15, -0.1) is 0 Å². The van der Waals surface area contributed by atoms with Gasteiger partial charge in [-0.3, -0.25) is 4.79 Å². The molecular weight excluding hydrogens is 314 g/mol. The molecule has 136 valence electrons. The topological polar surface area (TPSA) is 52.6 Å². The van der Waals surface area contributed by atoms with Crippen LogP contribution in [0.2, 0.25) is 0 Å². The molecule has 0 bridgehead atoms. The fraction of sp³-hybridized carbons (Fsp3) is 0.737. The number of hydrogen-bond acceptors (Lipinski definition) is 5. The summed E-state index contributed by atoms with van der Waals surface area (Å²) in [5, 5.41) is 0. The van der Waals surface area contributed by atoms with E-state index in [-0.39, 0.29) is 0 Å². The summed E-state index contributed by atoms with van der Waals surface area (Å²) in [5.74, 6) is 1.45. The number of aromatic nitrogens is 2. The molecule has 3 aliphatic rings. The van der Waals surface area contributed by atoms with Crippen molar-refractivity contribution in [2.75, 3.05) is 37.6 Å². The molecule has 1 amide bonds. The maximum absolute atomic E-state index is 11.7. The quantitative estimate of drug-likeness (QED) is 0.789. The first kappa shape index (κ1) is 16.8. The molecule has 4 rings (SSSR count). The third-order valence-electron chi connectivity index (χ3n) is 5.80. The summed E-state index contributed by atoms with van der Waals surface area (Å²) >= 11 is 0. The Morgan fingerprint density at radius 2 is 1.84 bits per heavy atom. The predicted octanol–water partition coefficient (Wildman–Crippen LogP) is 1.84. The number of amides is 1. The fourth-order valence-corrected chi connectivity index (χ4v) is 4.23. The van der Waals surface area contributed by atoms with E-state index >= 15 is 0 Å². The Morgan fingerprint density at radius 1 is 1.08 bits per heavy atom. The summed E-state index contributed by atoms with van der Waals surface area (Å²) in [6, 6.07) is 3.39. The summed E-state index contributed by atoms with van der Waals surface area (Å²) in [5.41, 5.74) is 1.04. The van der Waals surface area contributed by atoms with Crippen molar-refractivity contribution < 1.29 is 4.79 Å². The van der Waals surface area contributed by atoms with Gasteiger partial charge in [-0.05, 0) is 39.0 Å². The van der Waals surface area contributed by atoms with Crippen molar-refractivity contribution >= 4 is 11.7 Å². The van der Waals surface area contributed by atoms with Gasteiger partial charge in [0.2, 0.25) is 5.91 Å². The van der Waals surface area contributed by atoms with Crippen molar-refractivity contribution in [1.82, 2.24) is 19.8 Å². The highest BCUT2D eigenvalue weighted by Gasteiger charge is 2.36. The van der Waals surface area contributed by atoms with Crippen LogP contribution in [0.1, 0.15) is 44.2 Å². The Balaban J connectivity index is 1.31. The maximum Gasteiger partial charge on any atom is 0.222 e. The van der Waals surface area contributed by atoms with Crippen LogP contribution in [0, 0.1) is 6.92 Å². The van der Waals surface area contributed by atoms with E-state index in [1.165, 1.54) is 25.7 Å². The van der Waals surface area contributed by atoms with Crippen molar-refractivity contribution in [3.63, 3.8) is 0 Å². The van der Waals surface area contributed by atoms with Gasteiger partial charge < -0.3 is 14.7 Å². The van der Waals surface area contributed by atoms with E-state index in [1.54, 1.807) is 6.33 Å². The lowest BCUT2D eigenvalue weighted by atomic mass is 10.0. The van der Waals surface area contributed by atoms with E-state index in [2.05, 4.69) is 25.8 Å². The highest BCUT2D eigenvalue weighted by molar-refractivity contribution is 5.78. The molecule has 2 saturated heterocycles. The number of rotatable bonds is 6. The van der Waals surface area contributed by atoms with Crippen LogP contribution in [0.5, 0.6) is 0 Å². The average Bonchev–Trinajstić information content (AvgIpc) is 3.36. The number of likely N-dealkylation sites (tertiary alicyclic amines) is 2. The van der Waals surface area contributed by atoms with Gasteiger partial charge >= 0.3 is 0 Å². The van der Waals surface area contributed by atoms with Crippen LogP contribution in [0.4, 0.5) is 5.82 Å². The Kier molecular flexibility index (Phi) is 4.88. The minimum Gasteiger partial charge on any atom is -0.350 e. The summed E-state index contributed by atoms with van der Waals surface area (Å²) in [4.78, 5) is 27.7. The molecule has 0 N–H and O–H groups in total. The maximum atomic E-state index is 11.7. The molecule has 0 atom stereocenters. The average molecular weight is 343 g/mol. The molecule has 3 heterocycles. The number of carbonyl (C=O) groups excluding carboxylic acids is 1. The lowest BCUT2D eigenvalue weighted by Crippen LogP contribution is -2.48. The first-order valence-corrected chi connectivity index (χ1v) is 9.78. The van der Waals surface area contributed by atoms with Gasteiger partial charge in [0.25, 0.3) is 0 Å². The molecule has 1 saturated carbocycles. The molecule has 6 nitrogen and oxygen atoms in total. The van der Waals surface area contributed by atoms with E-state index in [4.69, 9.17) is 0 Å². The zero-order valence-electron chi connectivity index (χ0n) is 15.2. The number of aryl methyl sites for hydroxylation is 1. The lowest BCUT2D eigenvalue weighted by Gasteiger charge is -2.39. The van der Waals surface area contributed by atoms with Crippen LogP contribution in [0.15, 0.2) is 12.4 Å². The molecule has 0 radical (unpaired) electrons. The van der Waals surface area contributed by atoms with E-state index in [1.807, 2.05) is 11.8 Å². The molecule has 1 aromatic heterocycles. The smallest absolute Gasteiger partial charge is 0.222 e. The van der Waals surface area contributed by atoms with Gasteiger partial charge in [0.05, 0.1) is 0 Å². The van der Waals surface area contributed by atoms with Gasteiger partial charge in [-0.1, -0.05) is 0 Å². The zero-order valence-corrected chi connectivity index (χ0v) is 15.2. The van der Waals surface area contributed by atoms with Gasteiger partial charge in [0, 0.05) is 63.0 Å². The van der Waals surface area contributed by atoms with Gasteiger partial charge in [-0.25, -0.2) is 9.97 Å². The van der Waals surface area contributed by atoms with Gasteiger partial charge in [0.1, 0.15) is 12.1 Å². The monoisotopic (exact) mass is 343 g/mol. The van der Waals surface area contributed by atoms with Crippen LogP contribution in [-0.4, -0.2) is 70.5 Å². The highest BCUT2D eigenvalue weighted by Crippen LogP contribution is 2.35. The van der Waals surface area contributed by atoms with E-state index < -0.39 is 0 Å². The molecule has 0 aromatic carbocycles. The van der Waals surface area contributed by atoms with Gasteiger partial charge in [0.15, 0.2) is 0 Å². The van der Waals surface area contributed by atoms with Crippen molar-refractivity contribution in [3.05, 3.63) is 18.1 Å². The zero-order chi connectivity index (χ0) is 17.2. The van der Waals surface area contributed by atoms with Crippen molar-refractivity contribution in [3.8, 4) is 0 Å². The first-order valence-electron chi connectivity index (χ1n) is 9.78. The third-order valence-corrected chi connectivity index (χ3v) is 5.80. The van der Waals surface area contributed by atoms with E-state index in [0.717, 1.165) is 57.1 Å². The second-order valence-corrected chi connectivity index (χ2v) is 7.71. The molecule has 0 unspecified atom stereocenters. The molecule has 25 heavy (non-hydrogen) atoms. The lowest BCUT2D eigenvalue weighted by molar-refractivity contribution is -0.127. The van der Waals surface area contributed by atoms with E-state index in [0.29, 0.717) is 18.0 Å². The molecule has 0 spiro atoms. The standard InChI is InChI=1S/C19H29N5O/c1-15-13-18(21-14-20-15)24(16-4-5-16)17-6-9-22(10-7-17)11-12-23-8-2-3-19(23)25/h13-14,16-17H,2-12H2,1H3. The number of anilines is 1. The number of nitrogens with zero attached hydrogens (tertiary/aromatic N) is 5. The van der Waals surface area contributed by atoms with Crippen LogP contribution in [-0.2, 0) is 4.79 Å². The minimum absolute atomic E-state index is 0.342. The SMILES string of the molecule is Cc1cc(N(C2CC2)C2CCN(CCN3CCCC3=O)CC2)ncn1. The molecule has 1 aromatic rings. The van der Waals surface area contributed by atoms with Crippen molar-refractivity contribution in [2.24, 2.45) is 0 Å². The second-order valence-electron chi connectivity index (χ2n) is 7.71. The Hall–Kier alpha value is -1.69. The highest BCUT2D eigenvalue weighted by atomic mass is 16.2. The first-order chi connectivity index (χ1) is 12.2. The molecule has 6 heteroatoms. The van der Waals surface area contributed by atoms with Crippen molar-refractivity contribution in [2.45, 2.75) is 57.5 Å². The Bertz CT molecular complexity index is 610. The van der Waals surface area contributed by atoms with Crippen molar-refractivity contribution in [1.29, 1.82) is 0 Å². The van der Waals surface area contributed by atoms with Crippen LogP contribution < -0.4 is 4.90 Å².